The van der Waals surface area contributed by atoms with Crippen LogP contribution in [0.2, 0.25) is 0 Å². The number of furan rings is 1. The fourth-order valence-corrected chi connectivity index (χ4v) is 2.67. The van der Waals surface area contributed by atoms with Crippen LogP contribution in [-0.4, -0.2) is 40.7 Å². The Labute approximate surface area is 118 Å². The van der Waals surface area contributed by atoms with E-state index in [-0.39, 0.29) is 0 Å². The number of nitrogens with one attached hydrogen (secondary N) is 1. The summed E-state index contributed by atoms with van der Waals surface area (Å²) in [5.41, 5.74) is 0. The average Bonchev–Trinajstić information content (AvgIpc) is 3.16. The molecule has 108 valence electrons. The third-order valence-corrected chi connectivity index (χ3v) is 3.78. The van der Waals surface area contributed by atoms with Gasteiger partial charge >= 0.3 is 0 Å². The number of hydrogen-bond acceptors (Lipinski definition) is 6. The van der Waals surface area contributed by atoms with E-state index in [9.17, 15) is 0 Å². The first-order valence-electron chi connectivity index (χ1n) is 7.18. The Morgan fingerprint density at radius 1 is 1.40 bits per heavy atom. The molecule has 0 radical (unpaired) electrons. The van der Waals surface area contributed by atoms with Crippen LogP contribution in [0.5, 0.6) is 0 Å². The van der Waals surface area contributed by atoms with Crippen molar-refractivity contribution >= 4 is 0 Å². The van der Waals surface area contributed by atoms with Gasteiger partial charge in [-0.05, 0) is 44.6 Å². The summed E-state index contributed by atoms with van der Waals surface area (Å²) in [5, 5.41) is 7.36. The second-order valence-electron chi connectivity index (χ2n) is 5.03. The van der Waals surface area contributed by atoms with Crippen molar-refractivity contribution in [2.24, 2.45) is 0 Å². The molecule has 1 aliphatic rings. The maximum Gasteiger partial charge on any atom is 0.241 e. The van der Waals surface area contributed by atoms with E-state index >= 15 is 0 Å². The second-order valence-corrected chi connectivity index (χ2v) is 5.03. The minimum atomic E-state index is 0.520. The minimum Gasteiger partial charge on any atom is -0.461 e. The molecule has 0 aliphatic carbocycles. The van der Waals surface area contributed by atoms with Gasteiger partial charge < -0.3 is 14.3 Å². The summed E-state index contributed by atoms with van der Waals surface area (Å²) in [7, 11) is 0. The van der Waals surface area contributed by atoms with E-state index in [0.717, 1.165) is 19.6 Å². The third-order valence-electron chi connectivity index (χ3n) is 3.78. The monoisotopic (exact) mass is 276 g/mol. The summed E-state index contributed by atoms with van der Waals surface area (Å²) < 4.78 is 10.6. The molecule has 0 unspecified atom stereocenters. The normalized spacial score (nSPS) is 16.9. The average molecular weight is 276 g/mol. The van der Waals surface area contributed by atoms with Crippen molar-refractivity contribution < 1.29 is 8.94 Å². The molecule has 3 rings (SSSR count). The Hall–Kier alpha value is -1.66. The van der Waals surface area contributed by atoms with Crippen molar-refractivity contribution in [3.05, 3.63) is 24.3 Å². The molecule has 6 nitrogen and oxygen atoms in total. The number of nitrogens with zero attached hydrogens (tertiary/aromatic N) is 3. The Bertz CT molecular complexity index is 517. The van der Waals surface area contributed by atoms with Crippen LogP contribution in [0.1, 0.15) is 25.7 Å². The van der Waals surface area contributed by atoms with Crippen molar-refractivity contribution in [3.63, 3.8) is 0 Å². The molecule has 20 heavy (non-hydrogen) atoms. The van der Waals surface area contributed by atoms with Gasteiger partial charge in [-0.3, -0.25) is 4.90 Å². The van der Waals surface area contributed by atoms with Gasteiger partial charge in [0.25, 0.3) is 0 Å². The van der Waals surface area contributed by atoms with Crippen LogP contribution in [0.3, 0.4) is 0 Å². The SMILES string of the molecule is CCN(Cc1nc(-c2ccco2)no1)C1CCNCC1. The van der Waals surface area contributed by atoms with Gasteiger partial charge in [0.05, 0.1) is 12.8 Å². The molecule has 2 aromatic heterocycles. The molecule has 1 saturated heterocycles. The summed E-state index contributed by atoms with van der Waals surface area (Å²) in [6, 6.07) is 4.25. The first-order chi connectivity index (χ1) is 9.86. The lowest BCUT2D eigenvalue weighted by Crippen LogP contribution is -2.42. The maximum atomic E-state index is 5.33. The third kappa shape index (κ3) is 2.91. The topological polar surface area (TPSA) is 67.3 Å². The van der Waals surface area contributed by atoms with Crippen LogP contribution in [0.25, 0.3) is 11.6 Å². The summed E-state index contributed by atoms with van der Waals surface area (Å²) in [5.74, 6) is 1.81. The van der Waals surface area contributed by atoms with Crippen LogP contribution in [0, 0.1) is 0 Å². The fraction of sp³-hybridized carbons (Fsp3) is 0.571. The van der Waals surface area contributed by atoms with Gasteiger partial charge in [0.2, 0.25) is 11.7 Å². The number of hydrogen-bond donors (Lipinski definition) is 1. The van der Waals surface area contributed by atoms with Crippen molar-refractivity contribution in [1.82, 2.24) is 20.4 Å². The zero-order chi connectivity index (χ0) is 13.8. The molecule has 0 bridgehead atoms. The standard InChI is InChI=1S/C14H20N4O2/c1-2-18(11-5-7-15-8-6-11)10-13-16-14(17-20-13)12-4-3-9-19-12/h3-4,9,11,15H,2,5-8,10H2,1H3. The van der Waals surface area contributed by atoms with Crippen molar-refractivity contribution in [1.29, 1.82) is 0 Å². The van der Waals surface area contributed by atoms with Gasteiger partial charge in [-0.15, -0.1) is 0 Å². The van der Waals surface area contributed by atoms with Gasteiger partial charge in [0, 0.05) is 6.04 Å². The van der Waals surface area contributed by atoms with E-state index in [0.29, 0.717) is 30.1 Å². The number of aromatic nitrogens is 2. The molecule has 1 N–H and O–H groups in total. The molecule has 0 atom stereocenters. The van der Waals surface area contributed by atoms with Gasteiger partial charge in [0.15, 0.2) is 5.76 Å². The molecule has 0 saturated carbocycles. The molecule has 0 spiro atoms. The molecule has 0 amide bonds. The first kappa shape index (κ1) is 13.3. The van der Waals surface area contributed by atoms with Crippen LogP contribution >= 0.6 is 0 Å². The van der Waals surface area contributed by atoms with Crippen molar-refractivity contribution in [2.45, 2.75) is 32.4 Å². The molecular weight excluding hydrogens is 256 g/mol. The molecule has 2 aromatic rings. The number of rotatable bonds is 5. The lowest BCUT2D eigenvalue weighted by Gasteiger charge is -2.32. The van der Waals surface area contributed by atoms with E-state index in [1.54, 1.807) is 6.26 Å². The van der Waals surface area contributed by atoms with Crippen LogP contribution < -0.4 is 5.32 Å². The van der Waals surface area contributed by atoms with E-state index in [4.69, 9.17) is 8.94 Å². The van der Waals surface area contributed by atoms with Crippen LogP contribution in [0.4, 0.5) is 0 Å². The molecule has 6 heteroatoms. The van der Waals surface area contributed by atoms with E-state index in [1.807, 2.05) is 12.1 Å². The van der Waals surface area contributed by atoms with Crippen LogP contribution in [0.15, 0.2) is 27.3 Å². The maximum absolute atomic E-state index is 5.33. The predicted molar refractivity (Wildman–Crippen MR) is 74.0 cm³/mol. The van der Waals surface area contributed by atoms with Gasteiger partial charge in [-0.2, -0.15) is 4.98 Å². The van der Waals surface area contributed by atoms with Crippen LogP contribution in [-0.2, 0) is 6.54 Å². The highest BCUT2D eigenvalue weighted by Gasteiger charge is 2.22. The Kier molecular flexibility index (Phi) is 4.13. The van der Waals surface area contributed by atoms with E-state index < -0.39 is 0 Å². The largest absolute Gasteiger partial charge is 0.461 e. The highest BCUT2D eigenvalue weighted by molar-refractivity contribution is 5.44. The first-order valence-corrected chi connectivity index (χ1v) is 7.18. The van der Waals surface area contributed by atoms with Gasteiger partial charge in [-0.1, -0.05) is 12.1 Å². The smallest absolute Gasteiger partial charge is 0.241 e. The second kappa shape index (κ2) is 6.19. The lowest BCUT2D eigenvalue weighted by atomic mass is 10.0. The van der Waals surface area contributed by atoms with Gasteiger partial charge in [-0.25, -0.2) is 0 Å². The minimum absolute atomic E-state index is 0.520. The lowest BCUT2D eigenvalue weighted by molar-refractivity contribution is 0.144. The molecule has 1 aliphatic heterocycles. The summed E-state index contributed by atoms with van der Waals surface area (Å²) in [4.78, 5) is 6.81. The molecule has 3 heterocycles. The Morgan fingerprint density at radius 2 is 2.25 bits per heavy atom. The molecular formula is C14H20N4O2. The zero-order valence-corrected chi connectivity index (χ0v) is 11.7. The highest BCUT2D eigenvalue weighted by atomic mass is 16.5. The summed E-state index contributed by atoms with van der Waals surface area (Å²) in [6.07, 6.45) is 3.96. The Balaban J connectivity index is 1.66. The predicted octanol–water partition coefficient (Wildman–Crippen LogP) is 1.90. The molecule has 0 aromatic carbocycles. The quantitative estimate of drug-likeness (QED) is 0.899. The van der Waals surface area contributed by atoms with Crippen molar-refractivity contribution in [3.8, 4) is 11.6 Å². The summed E-state index contributed by atoms with van der Waals surface area (Å²) >= 11 is 0. The number of piperidine rings is 1. The van der Waals surface area contributed by atoms with E-state index in [1.165, 1.54) is 12.8 Å². The van der Waals surface area contributed by atoms with Crippen molar-refractivity contribution in [2.75, 3.05) is 19.6 Å². The zero-order valence-electron chi connectivity index (χ0n) is 11.7. The Morgan fingerprint density at radius 3 is 2.95 bits per heavy atom. The van der Waals surface area contributed by atoms with E-state index in [2.05, 4.69) is 27.3 Å². The fourth-order valence-electron chi connectivity index (χ4n) is 2.67. The highest BCUT2D eigenvalue weighted by Crippen LogP contribution is 2.18. The summed E-state index contributed by atoms with van der Waals surface area (Å²) in [6.45, 7) is 6.04. The van der Waals surface area contributed by atoms with Gasteiger partial charge in [0.1, 0.15) is 0 Å². The molecule has 1 fully saturated rings.